The summed E-state index contributed by atoms with van der Waals surface area (Å²) in [6, 6.07) is 4.34. The number of likely N-dealkylation sites (N-methyl/N-ethyl adjacent to an activating group) is 1. The number of aliphatic hydroxyl groups excluding tert-OH is 1. The third-order valence-electron chi connectivity index (χ3n) is 1.94. The van der Waals surface area contributed by atoms with Gasteiger partial charge in [0.05, 0.1) is 6.61 Å². The summed E-state index contributed by atoms with van der Waals surface area (Å²) in [4.78, 5) is 1.92. The van der Waals surface area contributed by atoms with Crippen molar-refractivity contribution in [2.45, 2.75) is 6.54 Å². The first-order valence-corrected chi connectivity index (χ1v) is 4.74. The molecule has 0 aliphatic heterocycles. The lowest BCUT2D eigenvalue weighted by molar-refractivity contribution is 0.217. The van der Waals surface area contributed by atoms with Crippen LogP contribution in [0.25, 0.3) is 0 Å². The maximum absolute atomic E-state index is 12.7. The topological polar surface area (TPSA) is 23.5 Å². The van der Waals surface area contributed by atoms with Crippen LogP contribution in [0.3, 0.4) is 0 Å². The second-order valence-electron chi connectivity index (χ2n) is 3.20. The van der Waals surface area contributed by atoms with E-state index in [-0.39, 0.29) is 12.4 Å². The smallest absolute Gasteiger partial charge is 0.124 e. The summed E-state index contributed by atoms with van der Waals surface area (Å²) >= 11 is 5.84. The summed E-state index contributed by atoms with van der Waals surface area (Å²) in [7, 11) is 1.87. The number of nitrogens with zero attached hydrogens (tertiary/aromatic N) is 1. The van der Waals surface area contributed by atoms with Crippen LogP contribution in [-0.4, -0.2) is 30.2 Å². The van der Waals surface area contributed by atoms with Crippen molar-refractivity contribution in [3.8, 4) is 0 Å². The van der Waals surface area contributed by atoms with Gasteiger partial charge in [-0.15, -0.1) is 0 Å². The van der Waals surface area contributed by atoms with Crippen molar-refractivity contribution >= 4 is 11.6 Å². The zero-order chi connectivity index (χ0) is 10.6. The van der Waals surface area contributed by atoms with Crippen LogP contribution in [-0.2, 0) is 6.54 Å². The highest BCUT2D eigenvalue weighted by molar-refractivity contribution is 6.31. The van der Waals surface area contributed by atoms with Gasteiger partial charge in [-0.2, -0.15) is 0 Å². The average Bonchev–Trinajstić information content (AvgIpc) is 2.10. The lowest BCUT2D eigenvalue weighted by atomic mass is 10.2. The van der Waals surface area contributed by atoms with Gasteiger partial charge in [-0.25, -0.2) is 4.39 Å². The molecular weight excluding hydrogens is 205 g/mol. The van der Waals surface area contributed by atoms with Crippen LogP contribution in [0.4, 0.5) is 4.39 Å². The Morgan fingerprint density at radius 3 is 2.79 bits per heavy atom. The fraction of sp³-hybridized carbons (Fsp3) is 0.400. The van der Waals surface area contributed by atoms with E-state index in [4.69, 9.17) is 16.7 Å². The number of rotatable bonds is 4. The molecule has 0 amide bonds. The Morgan fingerprint density at radius 1 is 1.50 bits per heavy atom. The first kappa shape index (κ1) is 11.4. The molecule has 2 nitrogen and oxygen atoms in total. The van der Waals surface area contributed by atoms with E-state index < -0.39 is 0 Å². The molecule has 0 aromatic heterocycles. The van der Waals surface area contributed by atoms with Crippen molar-refractivity contribution in [3.05, 3.63) is 34.6 Å². The van der Waals surface area contributed by atoms with E-state index >= 15 is 0 Å². The summed E-state index contributed by atoms with van der Waals surface area (Å²) in [6.45, 7) is 1.29. The maximum Gasteiger partial charge on any atom is 0.124 e. The number of hydrogen-bond donors (Lipinski definition) is 1. The second kappa shape index (κ2) is 5.29. The third-order valence-corrected chi connectivity index (χ3v) is 2.29. The molecule has 4 heteroatoms. The van der Waals surface area contributed by atoms with E-state index in [1.165, 1.54) is 12.1 Å². The van der Waals surface area contributed by atoms with Crippen molar-refractivity contribution in [3.63, 3.8) is 0 Å². The van der Waals surface area contributed by atoms with Gasteiger partial charge >= 0.3 is 0 Å². The van der Waals surface area contributed by atoms with Gasteiger partial charge in [-0.05, 0) is 24.7 Å². The first-order valence-electron chi connectivity index (χ1n) is 4.37. The second-order valence-corrected chi connectivity index (χ2v) is 3.60. The van der Waals surface area contributed by atoms with Crippen LogP contribution in [0.1, 0.15) is 5.56 Å². The molecule has 1 aromatic rings. The Kier molecular flexibility index (Phi) is 4.32. The fourth-order valence-electron chi connectivity index (χ4n) is 1.19. The van der Waals surface area contributed by atoms with E-state index in [2.05, 4.69) is 0 Å². The van der Waals surface area contributed by atoms with Gasteiger partial charge < -0.3 is 5.11 Å². The molecule has 1 aromatic carbocycles. The number of benzene rings is 1. The molecule has 0 spiro atoms. The molecule has 0 atom stereocenters. The van der Waals surface area contributed by atoms with Crippen LogP contribution in [0.15, 0.2) is 18.2 Å². The molecule has 0 saturated heterocycles. The Bertz CT molecular complexity index is 306. The minimum absolute atomic E-state index is 0.106. The molecule has 1 N–H and O–H groups in total. The number of hydrogen-bond acceptors (Lipinski definition) is 2. The van der Waals surface area contributed by atoms with Gasteiger partial charge in [0.1, 0.15) is 5.82 Å². The van der Waals surface area contributed by atoms with Gasteiger partial charge in [-0.1, -0.05) is 17.7 Å². The monoisotopic (exact) mass is 217 g/mol. The van der Waals surface area contributed by atoms with E-state index in [9.17, 15) is 4.39 Å². The average molecular weight is 218 g/mol. The van der Waals surface area contributed by atoms with Crippen LogP contribution in [0.2, 0.25) is 5.02 Å². The zero-order valence-electron chi connectivity index (χ0n) is 8.00. The van der Waals surface area contributed by atoms with Gasteiger partial charge in [0.2, 0.25) is 0 Å². The molecular formula is C10H13ClFNO. The molecule has 1 rings (SSSR count). The quantitative estimate of drug-likeness (QED) is 0.833. The minimum Gasteiger partial charge on any atom is -0.395 e. The fourth-order valence-corrected chi connectivity index (χ4v) is 1.42. The lowest BCUT2D eigenvalue weighted by Gasteiger charge is -2.15. The summed E-state index contributed by atoms with van der Waals surface area (Å²) in [5.74, 6) is -0.330. The van der Waals surface area contributed by atoms with Crippen molar-refractivity contribution in [1.29, 1.82) is 0 Å². The largest absolute Gasteiger partial charge is 0.395 e. The maximum atomic E-state index is 12.7. The summed E-state index contributed by atoms with van der Waals surface area (Å²) in [5, 5.41) is 9.12. The number of aliphatic hydroxyl groups is 1. The highest BCUT2D eigenvalue weighted by Crippen LogP contribution is 2.18. The summed E-state index contributed by atoms with van der Waals surface area (Å²) < 4.78 is 12.7. The van der Waals surface area contributed by atoms with E-state index in [1.54, 1.807) is 6.07 Å². The molecule has 0 saturated carbocycles. The normalized spacial score (nSPS) is 10.9. The Balaban J connectivity index is 2.67. The van der Waals surface area contributed by atoms with Gasteiger partial charge in [-0.3, -0.25) is 4.90 Å². The Morgan fingerprint density at radius 2 is 2.21 bits per heavy atom. The molecule has 78 valence electrons. The molecule has 0 radical (unpaired) electrons. The summed E-state index contributed by atoms with van der Waals surface area (Å²) in [5.41, 5.74) is 0.865. The third kappa shape index (κ3) is 3.25. The van der Waals surface area contributed by atoms with E-state index in [1.807, 2.05) is 11.9 Å². The molecule has 0 unspecified atom stereocenters. The van der Waals surface area contributed by atoms with Crippen LogP contribution in [0, 0.1) is 5.82 Å². The van der Waals surface area contributed by atoms with Gasteiger partial charge in [0.25, 0.3) is 0 Å². The Labute approximate surface area is 87.9 Å². The van der Waals surface area contributed by atoms with Crippen molar-refractivity contribution in [2.24, 2.45) is 0 Å². The van der Waals surface area contributed by atoms with E-state index in [0.29, 0.717) is 18.1 Å². The van der Waals surface area contributed by atoms with Crippen LogP contribution < -0.4 is 0 Å². The predicted octanol–water partition coefficient (Wildman–Crippen LogP) is 1.90. The first-order chi connectivity index (χ1) is 6.63. The highest BCUT2D eigenvalue weighted by Gasteiger charge is 2.04. The van der Waals surface area contributed by atoms with Crippen molar-refractivity contribution in [2.75, 3.05) is 20.2 Å². The van der Waals surface area contributed by atoms with Crippen LogP contribution >= 0.6 is 11.6 Å². The highest BCUT2D eigenvalue weighted by atomic mass is 35.5. The zero-order valence-corrected chi connectivity index (χ0v) is 8.76. The molecule has 0 fully saturated rings. The van der Waals surface area contributed by atoms with Crippen LogP contribution in [0.5, 0.6) is 0 Å². The summed E-state index contributed by atoms with van der Waals surface area (Å²) in [6.07, 6.45) is 0. The van der Waals surface area contributed by atoms with Gasteiger partial charge in [0, 0.05) is 18.1 Å². The van der Waals surface area contributed by atoms with Crippen molar-refractivity contribution < 1.29 is 9.50 Å². The SMILES string of the molecule is CN(CCO)Cc1ccc(F)cc1Cl. The molecule has 0 bridgehead atoms. The van der Waals surface area contributed by atoms with Gasteiger partial charge in [0.15, 0.2) is 0 Å². The number of halogens is 2. The molecule has 14 heavy (non-hydrogen) atoms. The standard InChI is InChI=1S/C10H13ClFNO/c1-13(4-5-14)7-8-2-3-9(12)6-10(8)11/h2-3,6,14H,4-5,7H2,1H3. The lowest BCUT2D eigenvalue weighted by Crippen LogP contribution is -2.21. The Hall–Kier alpha value is -0.640. The molecule has 0 aliphatic rings. The van der Waals surface area contributed by atoms with E-state index in [0.717, 1.165) is 5.56 Å². The van der Waals surface area contributed by atoms with Crippen molar-refractivity contribution in [1.82, 2.24) is 4.90 Å². The predicted molar refractivity (Wildman–Crippen MR) is 54.8 cm³/mol. The molecule has 0 aliphatic carbocycles. The molecule has 0 heterocycles. The minimum atomic E-state index is -0.330.